The number of fused-ring (bicyclic) bond motifs is 2. The summed E-state index contributed by atoms with van der Waals surface area (Å²) in [6, 6.07) is 0. The Morgan fingerprint density at radius 1 is 1.28 bits per heavy atom. The monoisotopic (exact) mass is 409 g/mol. The molecule has 5 atom stereocenters. The maximum Gasteiger partial charge on any atom is 0.293 e. The van der Waals surface area contributed by atoms with Gasteiger partial charge in [0.2, 0.25) is 0 Å². The molecule has 0 spiro atoms. The number of hydrogen-bond donors (Lipinski definition) is 1. The number of halogens is 1. The van der Waals surface area contributed by atoms with Gasteiger partial charge in [0, 0.05) is 6.61 Å². The van der Waals surface area contributed by atoms with Gasteiger partial charge in [0.05, 0.1) is 6.61 Å². The minimum absolute atomic E-state index is 0.0976. The summed E-state index contributed by atoms with van der Waals surface area (Å²) < 4.78 is 45.8. The van der Waals surface area contributed by atoms with Gasteiger partial charge in [0.1, 0.15) is 24.6 Å². The third kappa shape index (κ3) is 3.36. The molecule has 5 unspecified atom stereocenters. The number of nitrogens with two attached hydrogens (primary N) is 1. The minimum atomic E-state index is -0.835. The van der Waals surface area contributed by atoms with Gasteiger partial charge in [0.15, 0.2) is 35.3 Å². The lowest BCUT2D eigenvalue weighted by Crippen LogP contribution is -2.35. The smallest absolute Gasteiger partial charge is 0.293 e. The number of imidazole rings is 1. The van der Waals surface area contributed by atoms with Gasteiger partial charge in [-0.25, -0.2) is 9.97 Å². The Bertz CT molecular complexity index is 902. The number of rotatable bonds is 4. The van der Waals surface area contributed by atoms with E-state index in [-0.39, 0.29) is 29.9 Å². The van der Waals surface area contributed by atoms with Gasteiger partial charge in [-0.3, -0.25) is 4.57 Å². The number of nitrogens with zero attached hydrogens (tertiary/aromatic N) is 4. The minimum Gasteiger partial charge on any atom is -0.382 e. The summed E-state index contributed by atoms with van der Waals surface area (Å²) in [5.74, 6) is -0.738. The predicted octanol–water partition coefficient (Wildman–Crippen LogP) is 1.51. The van der Waals surface area contributed by atoms with Gasteiger partial charge >= 0.3 is 0 Å². The molecule has 10 nitrogen and oxygen atoms in total. The van der Waals surface area contributed by atoms with E-state index in [1.807, 2.05) is 13.8 Å². The average molecular weight is 409 g/mol. The Balaban J connectivity index is 1.43. The quantitative estimate of drug-likeness (QED) is 0.750. The Morgan fingerprint density at radius 2 is 2.10 bits per heavy atom. The SMILES string of the molecule is CC1(C)OC2C(COC3CCCCO3)OC(n3c(F)nc4c(N)ncnc43)C2O1. The third-order valence-corrected chi connectivity index (χ3v) is 5.43. The fourth-order valence-corrected chi connectivity index (χ4v) is 4.17. The first-order valence-corrected chi connectivity index (χ1v) is 9.81. The van der Waals surface area contributed by atoms with E-state index in [0.29, 0.717) is 6.61 Å². The van der Waals surface area contributed by atoms with Gasteiger partial charge in [0.25, 0.3) is 6.08 Å². The molecule has 5 rings (SSSR count). The summed E-state index contributed by atoms with van der Waals surface area (Å²) in [6.45, 7) is 4.55. The zero-order valence-corrected chi connectivity index (χ0v) is 16.3. The molecule has 2 aromatic heterocycles. The summed E-state index contributed by atoms with van der Waals surface area (Å²) >= 11 is 0. The average Bonchev–Trinajstić information content (AvgIpc) is 3.30. The highest BCUT2D eigenvalue weighted by Crippen LogP contribution is 2.44. The van der Waals surface area contributed by atoms with Crippen molar-refractivity contribution in [3.05, 3.63) is 12.4 Å². The number of anilines is 1. The van der Waals surface area contributed by atoms with E-state index in [9.17, 15) is 4.39 Å². The van der Waals surface area contributed by atoms with Crippen molar-refractivity contribution in [1.29, 1.82) is 0 Å². The first-order valence-electron chi connectivity index (χ1n) is 9.81. The van der Waals surface area contributed by atoms with Gasteiger partial charge in [-0.1, -0.05) is 0 Å². The highest BCUT2D eigenvalue weighted by Gasteiger charge is 2.56. The molecule has 5 heterocycles. The van der Waals surface area contributed by atoms with E-state index in [1.54, 1.807) is 0 Å². The molecule has 3 saturated heterocycles. The van der Waals surface area contributed by atoms with Gasteiger partial charge in [-0.05, 0) is 33.1 Å². The Hall–Kier alpha value is -1.92. The molecule has 29 heavy (non-hydrogen) atoms. The van der Waals surface area contributed by atoms with Crippen LogP contribution in [0.4, 0.5) is 10.2 Å². The standard InChI is InChI=1S/C18H24FN5O5/c1-18(2)28-12-9(7-26-10-5-3-4-6-25-10)27-16(13(12)29-18)24-15-11(23-17(24)19)14(20)21-8-22-15/h8-10,12-13,16H,3-7H2,1-2H3,(H2,20,21,22). The molecule has 0 radical (unpaired) electrons. The molecule has 158 valence electrons. The van der Waals surface area contributed by atoms with E-state index in [2.05, 4.69) is 15.0 Å². The molecule has 0 saturated carbocycles. The highest BCUT2D eigenvalue weighted by molar-refractivity contribution is 5.81. The van der Waals surface area contributed by atoms with E-state index in [1.165, 1.54) is 10.9 Å². The zero-order chi connectivity index (χ0) is 20.2. The van der Waals surface area contributed by atoms with Gasteiger partial charge < -0.3 is 29.4 Å². The summed E-state index contributed by atoms with van der Waals surface area (Å²) in [6.07, 6.45) is 0.863. The maximum atomic E-state index is 14.8. The van der Waals surface area contributed by atoms with Crippen LogP contribution in [0, 0.1) is 6.08 Å². The van der Waals surface area contributed by atoms with Crippen molar-refractivity contribution in [3.63, 3.8) is 0 Å². The van der Waals surface area contributed by atoms with Crippen LogP contribution in [0.15, 0.2) is 6.33 Å². The van der Waals surface area contributed by atoms with Crippen molar-refractivity contribution in [2.24, 2.45) is 0 Å². The molecule has 0 aliphatic carbocycles. The molecular formula is C18H24FN5O5. The predicted molar refractivity (Wildman–Crippen MR) is 97.0 cm³/mol. The van der Waals surface area contributed by atoms with Crippen molar-refractivity contribution in [2.75, 3.05) is 18.9 Å². The second kappa shape index (κ2) is 7.10. The van der Waals surface area contributed by atoms with E-state index >= 15 is 0 Å². The van der Waals surface area contributed by atoms with Crippen LogP contribution in [-0.2, 0) is 23.7 Å². The molecular weight excluding hydrogens is 385 g/mol. The zero-order valence-electron chi connectivity index (χ0n) is 16.3. The van der Waals surface area contributed by atoms with Gasteiger partial charge in [-0.2, -0.15) is 9.37 Å². The Morgan fingerprint density at radius 3 is 2.90 bits per heavy atom. The van der Waals surface area contributed by atoms with Crippen molar-refractivity contribution >= 4 is 17.0 Å². The van der Waals surface area contributed by atoms with Crippen molar-refractivity contribution < 1.29 is 28.1 Å². The Kier molecular flexibility index (Phi) is 4.67. The second-order valence-electron chi connectivity index (χ2n) is 7.94. The number of aromatic nitrogens is 4. The fraction of sp³-hybridized carbons (Fsp3) is 0.722. The van der Waals surface area contributed by atoms with E-state index < -0.39 is 36.4 Å². The lowest BCUT2D eigenvalue weighted by Gasteiger charge is -2.27. The summed E-state index contributed by atoms with van der Waals surface area (Å²) in [5, 5.41) is 0. The first kappa shape index (κ1) is 19.1. The lowest BCUT2D eigenvalue weighted by molar-refractivity contribution is -0.219. The second-order valence-corrected chi connectivity index (χ2v) is 7.94. The van der Waals surface area contributed by atoms with Crippen LogP contribution in [-0.4, -0.2) is 63.1 Å². The number of ether oxygens (including phenoxy) is 5. The number of nitrogen functional groups attached to an aromatic ring is 1. The maximum absolute atomic E-state index is 14.8. The topological polar surface area (TPSA) is 116 Å². The van der Waals surface area contributed by atoms with Crippen molar-refractivity contribution in [2.45, 2.75) is 69.7 Å². The first-order chi connectivity index (χ1) is 13.9. The van der Waals surface area contributed by atoms with E-state index in [0.717, 1.165) is 19.3 Å². The summed E-state index contributed by atoms with van der Waals surface area (Å²) in [4.78, 5) is 11.9. The van der Waals surface area contributed by atoms with Crippen LogP contribution in [0.3, 0.4) is 0 Å². The third-order valence-electron chi connectivity index (χ3n) is 5.43. The fourth-order valence-electron chi connectivity index (χ4n) is 4.17. The lowest BCUT2D eigenvalue weighted by atomic mass is 10.1. The normalized spacial score (nSPS) is 34.0. The van der Waals surface area contributed by atoms with Crippen LogP contribution < -0.4 is 5.73 Å². The summed E-state index contributed by atoms with van der Waals surface area (Å²) in [7, 11) is 0. The van der Waals surface area contributed by atoms with Crippen LogP contribution in [0.25, 0.3) is 11.2 Å². The van der Waals surface area contributed by atoms with Crippen LogP contribution in [0.5, 0.6) is 0 Å². The molecule has 0 aromatic carbocycles. The number of hydrogen-bond acceptors (Lipinski definition) is 9. The molecule has 2 N–H and O–H groups in total. The molecule has 3 fully saturated rings. The molecule has 3 aliphatic heterocycles. The molecule has 2 aromatic rings. The summed E-state index contributed by atoms with van der Waals surface area (Å²) in [5.41, 5.74) is 6.24. The molecule has 0 amide bonds. The van der Waals surface area contributed by atoms with Crippen molar-refractivity contribution in [1.82, 2.24) is 19.5 Å². The largest absolute Gasteiger partial charge is 0.382 e. The Labute approximate surface area is 166 Å². The molecule has 11 heteroatoms. The molecule has 3 aliphatic rings. The van der Waals surface area contributed by atoms with E-state index in [4.69, 9.17) is 29.4 Å². The van der Waals surface area contributed by atoms with Gasteiger partial charge in [-0.15, -0.1) is 0 Å². The highest BCUT2D eigenvalue weighted by atomic mass is 19.1. The van der Waals surface area contributed by atoms with Crippen molar-refractivity contribution in [3.8, 4) is 0 Å². The van der Waals surface area contributed by atoms with Crippen LogP contribution in [0.2, 0.25) is 0 Å². The van der Waals surface area contributed by atoms with Crippen LogP contribution >= 0.6 is 0 Å². The van der Waals surface area contributed by atoms with Crippen LogP contribution in [0.1, 0.15) is 39.3 Å². The molecule has 0 bridgehead atoms.